The highest BCUT2D eigenvalue weighted by atomic mass is 16.2. The highest BCUT2D eigenvalue weighted by Crippen LogP contribution is 2.22. The van der Waals surface area contributed by atoms with E-state index >= 15 is 0 Å². The number of carbonyl (C=O) groups is 3. The molecule has 31 heavy (non-hydrogen) atoms. The smallest absolute Gasteiger partial charge is 0.293 e. The molecule has 0 saturated carbocycles. The molecule has 1 saturated heterocycles. The number of hydrogen-bond acceptors (Lipinski definition) is 3. The van der Waals surface area contributed by atoms with Crippen molar-refractivity contribution in [3.8, 4) is 11.8 Å². The predicted octanol–water partition coefficient (Wildman–Crippen LogP) is 3.34. The predicted molar refractivity (Wildman–Crippen MR) is 120 cm³/mol. The summed E-state index contributed by atoms with van der Waals surface area (Å²) in [6.07, 6.45) is 2.56. The van der Waals surface area contributed by atoms with Gasteiger partial charge in [0.15, 0.2) is 0 Å². The highest BCUT2D eigenvalue weighted by molar-refractivity contribution is 6.45. The zero-order valence-electron chi connectivity index (χ0n) is 17.3. The number of Topliss-reactive ketones (excluding diaryl/α,β-unsaturated/α-hetero) is 1. The molecule has 0 unspecified atom stereocenters. The second-order valence-corrected chi connectivity index (χ2v) is 7.53. The first-order chi connectivity index (χ1) is 15.0. The van der Waals surface area contributed by atoms with Crippen molar-refractivity contribution in [1.82, 2.24) is 10.3 Å². The van der Waals surface area contributed by atoms with Crippen molar-refractivity contribution >= 4 is 34.2 Å². The van der Waals surface area contributed by atoms with Crippen LogP contribution in [0, 0.1) is 18.8 Å². The number of fused-ring (bicyclic) bond motifs is 1. The fraction of sp³-hybridized carbons (Fsp3) is 0.240. The van der Waals surface area contributed by atoms with Gasteiger partial charge in [0.25, 0.3) is 11.7 Å². The average molecular weight is 413 g/mol. The highest BCUT2D eigenvalue weighted by Gasteiger charge is 2.22. The largest absolute Gasteiger partial charge is 0.358 e. The first-order valence-electron chi connectivity index (χ1n) is 10.3. The van der Waals surface area contributed by atoms with E-state index < -0.39 is 11.7 Å². The maximum Gasteiger partial charge on any atom is 0.293 e. The number of benzene rings is 2. The fourth-order valence-electron chi connectivity index (χ4n) is 3.84. The molecule has 1 fully saturated rings. The molecule has 1 aliphatic heterocycles. The van der Waals surface area contributed by atoms with E-state index in [1.165, 1.54) is 0 Å². The summed E-state index contributed by atoms with van der Waals surface area (Å²) in [6.45, 7) is 2.60. The summed E-state index contributed by atoms with van der Waals surface area (Å²) >= 11 is 0. The molecule has 156 valence electrons. The third-order valence-electron chi connectivity index (χ3n) is 5.40. The van der Waals surface area contributed by atoms with Crippen LogP contribution in [-0.2, 0) is 9.59 Å². The Labute approximate surface area is 180 Å². The van der Waals surface area contributed by atoms with Gasteiger partial charge in [-0.05, 0) is 50.1 Å². The number of para-hydroxylation sites is 1. The lowest BCUT2D eigenvalue weighted by atomic mass is 10.1. The van der Waals surface area contributed by atoms with Gasteiger partial charge in [-0.25, -0.2) is 0 Å². The summed E-state index contributed by atoms with van der Waals surface area (Å²) in [6, 6.07) is 14.9. The van der Waals surface area contributed by atoms with Crippen molar-refractivity contribution in [1.29, 1.82) is 0 Å². The molecule has 6 heteroatoms. The lowest BCUT2D eigenvalue weighted by Crippen LogP contribution is -2.35. The molecule has 3 aromatic rings. The van der Waals surface area contributed by atoms with Gasteiger partial charge in [-0.3, -0.25) is 14.4 Å². The van der Waals surface area contributed by atoms with E-state index in [1.54, 1.807) is 11.8 Å². The Morgan fingerprint density at radius 3 is 2.65 bits per heavy atom. The zero-order chi connectivity index (χ0) is 21.8. The number of hydrogen-bond donors (Lipinski definition) is 2. The van der Waals surface area contributed by atoms with Gasteiger partial charge >= 0.3 is 0 Å². The van der Waals surface area contributed by atoms with Crippen LogP contribution in [0.5, 0.6) is 0 Å². The molecule has 2 aromatic carbocycles. The summed E-state index contributed by atoms with van der Waals surface area (Å²) < 4.78 is 0. The Kier molecular flexibility index (Phi) is 5.85. The molecule has 2 N–H and O–H groups in total. The number of aryl methyl sites for hydroxylation is 1. The minimum atomic E-state index is -0.680. The minimum absolute atomic E-state index is 0.0678. The van der Waals surface area contributed by atoms with E-state index in [-0.39, 0.29) is 12.5 Å². The van der Waals surface area contributed by atoms with E-state index in [1.807, 2.05) is 48.5 Å². The molecular weight excluding hydrogens is 390 g/mol. The first-order valence-corrected chi connectivity index (χ1v) is 10.3. The van der Waals surface area contributed by atoms with E-state index in [0.717, 1.165) is 41.5 Å². The van der Waals surface area contributed by atoms with E-state index in [4.69, 9.17) is 0 Å². The Morgan fingerprint density at radius 2 is 1.87 bits per heavy atom. The number of rotatable bonds is 4. The van der Waals surface area contributed by atoms with E-state index in [2.05, 4.69) is 22.1 Å². The second-order valence-electron chi connectivity index (χ2n) is 7.53. The van der Waals surface area contributed by atoms with Gasteiger partial charge < -0.3 is 15.2 Å². The maximum atomic E-state index is 12.6. The number of anilines is 1. The van der Waals surface area contributed by atoms with Crippen LogP contribution in [0.1, 0.15) is 40.9 Å². The van der Waals surface area contributed by atoms with Crippen LogP contribution in [-0.4, -0.2) is 35.7 Å². The number of aromatic amines is 1. The van der Waals surface area contributed by atoms with Crippen LogP contribution >= 0.6 is 0 Å². The molecule has 4 rings (SSSR count). The number of nitrogens with one attached hydrogen (secondary N) is 2. The van der Waals surface area contributed by atoms with Gasteiger partial charge in [0.1, 0.15) is 0 Å². The summed E-state index contributed by atoms with van der Waals surface area (Å²) in [4.78, 5) is 41.9. The van der Waals surface area contributed by atoms with Crippen molar-refractivity contribution in [3.05, 3.63) is 65.4 Å². The van der Waals surface area contributed by atoms with E-state index in [9.17, 15) is 14.4 Å². The molecule has 6 nitrogen and oxygen atoms in total. The Balaban J connectivity index is 1.36. The molecule has 1 aliphatic rings. The van der Waals surface area contributed by atoms with Gasteiger partial charge in [-0.2, -0.15) is 0 Å². The lowest BCUT2D eigenvalue weighted by Gasteiger charge is -2.26. The fourth-order valence-corrected chi connectivity index (χ4v) is 3.84. The van der Waals surface area contributed by atoms with Gasteiger partial charge in [-0.15, -0.1) is 0 Å². The number of carbonyl (C=O) groups excluding carboxylic acids is 3. The zero-order valence-corrected chi connectivity index (χ0v) is 17.3. The van der Waals surface area contributed by atoms with Gasteiger partial charge in [0.2, 0.25) is 5.91 Å². The normalized spacial score (nSPS) is 13.6. The van der Waals surface area contributed by atoms with Crippen LogP contribution in [0.3, 0.4) is 0 Å². The number of aromatic nitrogens is 1. The average Bonchev–Trinajstić information content (AvgIpc) is 3.12. The molecule has 0 atom stereocenters. The van der Waals surface area contributed by atoms with Gasteiger partial charge in [-0.1, -0.05) is 30.0 Å². The topological polar surface area (TPSA) is 82.3 Å². The molecule has 0 bridgehead atoms. The van der Waals surface area contributed by atoms with Crippen LogP contribution < -0.4 is 10.2 Å². The van der Waals surface area contributed by atoms with Crippen LogP contribution in [0.2, 0.25) is 0 Å². The molecule has 0 radical (unpaired) electrons. The number of H-pyrrole nitrogens is 1. The molecule has 2 amide bonds. The van der Waals surface area contributed by atoms with E-state index in [0.29, 0.717) is 17.7 Å². The van der Waals surface area contributed by atoms with Crippen LogP contribution in [0.25, 0.3) is 10.9 Å². The third kappa shape index (κ3) is 4.36. The first kappa shape index (κ1) is 20.4. The molecule has 0 spiro atoms. The van der Waals surface area contributed by atoms with Gasteiger partial charge in [0.05, 0.1) is 12.1 Å². The summed E-state index contributed by atoms with van der Waals surface area (Å²) in [5.74, 6) is 4.74. The number of piperidine rings is 1. The summed E-state index contributed by atoms with van der Waals surface area (Å²) in [7, 11) is 0. The SMILES string of the molecule is Cc1[nH]c2ccccc2c1C(=O)C(=O)NCC#Cc1ccc(N2CCCCC2=O)cc1. The standard InChI is InChI=1S/C25H23N3O3/c1-17-23(20-8-2-3-9-21(20)27-17)24(30)25(31)26-15-6-7-18-11-13-19(14-12-18)28-16-5-4-10-22(28)29/h2-3,8-9,11-14,27H,4-5,10,15-16H2,1H3,(H,26,31). The Hall–Kier alpha value is -3.85. The van der Waals surface area contributed by atoms with Crippen molar-refractivity contribution in [2.75, 3.05) is 18.0 Å². The van der Waals surface area contributed by atoms with Crippen molar-refractivity contribution in [3.63, 3.8) is 0 Å². The van der Waals surface area contributed by atoms with Crippen LogP contribution in [0.4, 0.5) is 5.69 Å². The Morgan fingerprint density at radius 1 is 1.10 bits per heavy atom. The Bertz CT molecular complexity index is 1210. The quantitative estimate of drug-likeness (QED) is 0.391. The van der Waals surface area contributed by atoms with Crippen molar-refractivity contribution in [2.24, 2.45) is 0 Å². The summed E-state index contributed by atoms with van der Waals surface area (Å²) in [5.41, 5.74) is 3.54. The second kappa shape index (κ2) is 8.88. The summed E-state index contributed by atoms with van der Waals surface area (Å²) in [5, 5.41) is 3.31. The monoisotopic (exact) mass is 413 g/mol. The molecule has 2 heterocycles. The van der Waals surface area contributed by atoms with Crippen molar-refractivity contribution < 1.29 is 14.4 Å². The molecular formula is C25H23N3O3. The number of ketones is 1. The molecule has 1 aromatic heterocycles. The van der Waals surface area contributed by atoms with Crippen LogP contribution in [0.15, 0.2) is 48.5 Å². The maximum absolute atomic E-state index is 12.6. The van der Waals surface area contributed by atoms with Gasteiger partial charge in [0, 0.05) is 40.8 Å². The minimum Gasteiger partial charge on any atom is -0.358 e. The van der Waals surface area contributed by atoms with Crippen molar-refractivity contribution in [2.45, 2.75) is 26.2 Å². The molecule has 0 aliphatic carbocycles. The number of amides is 2. The third-order valence-corrected chi connectivity index (χ3v) is 5.40. The number of nitrogens with zero attached hydrogens (tertiary/aromatic N) is 1. The lowest BCUT2D eigenvalue weighted by molar-refractivity contribution is -0.119.